The number of ketones is 1. The highest BCUT2D eigenvalue weighted by Gasteiger charge is 2.25. The smallest absolute Gasteiger partial charge is 0.139 e. The molecule has 0 aromatic rings. The fourth-order valence-electron chi connectivity index (χ4n) is 2.45. The molecule has 0 heterocycles. The lowest BCUT2D eigenvalue weighted by atomic mass is 9.81. The molecule has 1 nitrogen and oxygen atoms in total. The first kappa shape index (κ1) is 14.7. The lowest BCUT2D eigenvalue weighted by Crippen LogP contribution is -2.24. The minimum atomic E-state index is 0.214. The van der Waals surface area contributed by atoms with E-state index in [4.69, 9.17) is 0 Å². The fraction of sp³-hybridized carbons (Fsp3) is 0.667. The van der Waals surface area contributed by atoms with E-state index < -0.39 is 0 Å². The first-order valence-electron chi connectivity index (χ1n) is 6.65. The Morgan fingerprint density at radius 2 is 2.18 bits per heavy atom. The molecule has 1 rings (SSSR count). The van der Waals surface area contributed by atoms with E-state index in [-0.39, 0.29) is 11.8 Å². The van der Waals surface area contributed by atoms with Crippen LogP contribution in [0.5, 0.6) is 0 Å². The molecule has 0 bridgehead atoms. The summed E-state index contributed by atoms with van der Waals surface area (Å²) in [7, 11) is 0. The maximum atomic E-state index is 12.4. The van der Waals surface area contributed by atoms with Crippen LogP contribution in [0.4, 0.5) is 0 Å². The van der Waals surface area contributed by atoms with Crippen LogP contribution in [0.1, 0.15) is 44.9 Å². The van der Waals surface area contributed by atoms with E-state index in [9.17, 15) is 4.79 Å². The summed E-state index contributed by atoms with van der Waals surface area (Å²) in [6.07, 6.45) is 13.5. The molecule has 96 valence electrons. The minimum Gasteiger partial charge on any atom is -0.299 e. The van der Waals surface area contributed by atoms with Gasteiger partial charge < -0.3 is 0 Å². The van der Waals surface area contributed by atoms with E-state index in [1.165, 1.54) is 6.42 Å². The standard InChI is InChI=1S/C15H23BrO/c1-2-8-13-9-4-3-5-10-14(15(13)17)11-6-7-12-16/h2-3,5,13-14H,1,4,6-12H2/t13-,14+/m0/s1. The van der Waals surface area contributed by atoms with Gasteiger partial charge in [0.1, 0.15) is 5.78 Å². The maximum absolute atomic E-state index is 12.4. The molecule has 0 amide bonds. The molecule has 1 aliphatic rings. The summed E-state index contributed by atoms with van der Waals surface area (Å²) in [5.41, 5.74) is 0. The highest BCUT2D eigenvalue weighted by Crippen LogP contribution is 2.26. The average Bonchev–Trinajstić information content (AvgIpc) is 2.32. The van der Waals surface area contributed by atoms with Crippen molar-refractivity contribution in [3.8, 4) is 0 Å². The van der Waals surface area contributed by atoms with Gasteiger partial charge in [-0.2, -0.15) is 0 Å². The highest BCUT2D eigenvalue weighted by atomic mass is 79.9. The monoisotopic (exact) mass is 298 g/mol. The van der Waals surface area contributed by atoms with Crippen LogP contribution in [-0.2, 0) is 4.79 Å². The van der Waals surface area contributed by atoms with Crippen LogP contribution in [0, 0.1) is 11.8 Å². The number of hydrogen-bond donors (Lipinski definition) is 0. The van der Waals surface area contributed by atoms with E-state index >= 15 is 0 Å². The predicted octanol–water partition coefficient (Wildman–Crippen LogP) is 4.67. The molecule has 0 aliphatic heterocycles. The van der Waals surface area contributed by atoms with Crippen molar-refractivity contribution in [1.29, 1.82) is 0 Å². The summed E-state index contributed by atoms with van der Waals surface area (Å²) in [6.45, 7) is 3.77. The van der Waals surface area contributed by atoms with Gasteiger partial charge in [0.25, 0.3) is 0 Å². The van der Waals surface area contributed by atoms with E-state index in [1.807, 2.05) is 6.08 Å². The van der Waals surface area contributed by atoms with E-state index in [2.05, 4.69) is 34.7 Å². The van der Waals surface area contributed by atoms with Gasteiger partial charge in [0, 0.05) is 17.2 Å². The zero-order valence-electron chi connectivity index (χ0n) is 10.5. The molecule has 0 radical (unpaired) electrons. The SMILES string of the molecule is C=CC[C@H]1CCC=CC[C@H](CCCCBr)C1=O. The topological polar surface area (TPSA) is 17.1 Å². The van der Waals surface area contributed by atoms with Crippen LogP contribution in [-0.4, -0.2) is 11.1 Å². The number of allylic oxidation sites excluding steroid dienone is 3. The number of carbonyl (C=O) groups is 1. The van der Waals surface area contributed by atoms with Crippen LogP contribution in [0.2, 0.25) is 0 Å². The Hall–Kier alpha value is -0.370. The first-order chi connectivity index (χ1) is 8.29. The zero-order chi connectivity index (χ0) is 12.5. The third kappa shape index (κ3) is 5.20. The summed E-state index contributed by atoms with van der Waals surface area (Å²) in [5.74, 6) is 0.936. The molecule has 0 unspecified atom stereocenters. The molecule has 2 heteroatoms. The summed E-state index contributed by atoms with van der Waals surface area (Å²) >= 11 is 3.44. The Kier molecular flexibility index (Phi) is 7.50. The summed E-state index contributed by atoms with van der Waals surface area (Å²) < 4.78 is 0. The lowest BCUT2D eigenvalue weighted by Gasteiger charge is -2.22. The molecule has 0 fully saturated rings. The molecular formula is C15H23BrO. The maximum Gasteiger partial charge on any atom is 0.139 e. The molecule has 0 aromatic carbocycles. The summed E-state index contributed by atoms with van der Waals surface area (Å²) in [5, 5.41) is 1.04. The van der Waals surface area contributed by atoms with Crippen molar-refractivity contribution < 1.29 is 4.79 Å². The molecule has 0 spiro atoms. The van der Waals surface area contributed by atoms with Gasteiger partial charge in [0.05, 0.1) is 0 Å². The number of rotatable bonds is 6. The number of alkyl halides is 1. The predicted molar refractivity (Wildman–Crippen MR) is 77.4 cm³/mol. The Morgan fingerprint density at radius 3 is 2.88 bits per heavy atom. The largest absolute Gasteiger partial charge is 0.299 e. The Bertz CT molecular complexity index is 270. The van der Waals surface area contributed by atoms with Crippen molar-refractivity contribution in [2.45, 2.75) is 44.9 Å². The third-order valence-electron chi connectivity index (χ3n) is 3.46. The third-order valence-corrected chi connectivity index (χ3v) is 4.02. The number of carbonyl (C=O) groups excluding carboxylic acids is 1. The van der Waals surface area contributed by atoms with Crippen molar-refractivity contribution in [3.63, 3.8) is 0 Å². The fourth-order valence-corrected chi connectivity index (χ4v) is 2.84. The average molecular weight is 299 g/mol. The normalized spacial score (nSPS) is 25.4. The second-order valence-corrected chi connectivity index (χ2v) is 5.58. The van der Waals surface area contributed by atoms with Crippen molar-refractivity contribution in [2.24, 2.45) is 11.8 Å². The number of unbranched alkanes of at least 4 members (excludes halogenated alkanes) is 1. The van der Waals surface area contributed by atoms with Crippen LogP contribution < -0.4 is 0 Å². The quantitative estimate of drug-likeness (QED) is 0.396. The Balaban J connectivity index is 2.57. The van der Waals surface area contributed by atoms with Crippen LogP contribution in [0.3, 0.4) is 0 Å². The molecular weight excluding hydrogens is 276 g/mol. The lowest BCUT2D eigenvalue weighted by molar-refractivity contribution is -0.127. The number of halogens is 1. The van der Waals surface area contributed by atoms with E-state index in [0.29, 0.717) is 5.78 Å². The van der Waals surface area contributed by atoms with Gasteiger partial charge in [0.15, 0.2) is 0 Å². The van der Waals surface area contributed by atoms with Gasteiger partial charge in [-0.25, -0.2) is 0 Å². The molecule has 17 heavy (non-hydrogen) atoms. The van der Waals surface area contributed by atoms with Gasteiger partial charge >= 0.3 is 0 Å². The Labute approximate surface area is 113 Å². The Morgan fingerprint density at radius 1 is 1.35 bits per heavy atom. The van der Waals surface area contributed by atoms with Crippen LogP contribution >= 0.6 is 15.9 Å². The highest BCUT2D eigenvalue weighted by molar-refractivity contribution is 9.09. The number of hydrogen-bond acceptors (Lipinski definition) is 1. The minimum absolute atomic E-state index is 0.214. The van der Waals surface area contributed by atoms with E-state index in [0.717, 1.165) is 43.9 Å². The van der Waals surface area contributed by atoms with Gasteiger partial charge in [0.2, 0.25) is 0 Å². The van der Waals surface area contributed by atoms with Crippen molar-refractivity contribution in [2.75, 3.05) is 5.33 Å². The van der Waals surface area contributed by atoms with Crippen molar-refractivity contribution in [1.82, 2.24) is 0 Å². The molecule has 0 aromatic heterocycles. The van der Waals surface area contributed by atoms with Gasteiger partial charge in [-0.15, -0.1) is 6.58 Å². The summed E-state index contributed by atoms with van der Waals surface area (Å²) in [4.78, 5) is 12.4. The first-order valence-corrected chi connectivity index (χ1v) is 7.77. The molecule has 0 saturated carbocycles. The van der Waals surface area contributed by atoms with Crippen molar-refractivity contribution in [3.05, 3.63) is 24.8 Å². The second-order valence-electron chi connectivity index (χ2n) is 4.79. The number of Topliss-reactive ketones (excluding diaryl/α,β-unsaturated/α-hetero) is 1. The van der Waals surface area contributed by atoms with Crippen LogP contribution in [0.15, 0.2) is 24.8 Å². The van der Waals surface area contributed by atoms with Gasteiger partial charge in [-0.1, -0.05) is 40.6 Å². The van der Waals surface area contributed by atoms with Gasteiger partial charge in [-0.05, 0) is 38.5 Å². The van der Waals surface area contributed by atoms with Crippen molar-refractivity contribution >= 4 is 21.7 Å². The van der Waals surface area contributed by atoms with Crippen LogP contribution in [0.25, 0.3) is 0 Å². The molecule has 0 saturated heterocycles. The van der Waals surface area contributed by atoms with E-state index in [1.54, 1.807) is 0 Å². The second kappa shape index (κ2) is 8.68. The molecule has 1 aliphatic carbocycles. The van der Waals surface area contributed by atoms with Gasteiger partial charge in [-0.3, -0.25) is 4.79 Å². The molecule has 0 N–H and O–H groups in total. The zero-order valence-corrected chi connectivity index (χ0v) is 12.1. The molecule has 2 atom stereocenters. The summed E-state index contributed by atoms with van der Waals surface area (Å²) in [6, 6.07) is 0.